The third kappa shape index (κ3) is 1.85. The number of halogens is 4. The zero-order valence-corrected chi connectivity index (χ0v) is 7.28. The van der Waals surface area contributed by atoms with Gasteiger partial charge in [-0.1, -0.05) is 0 Å². The Morgan fingerprint density at radius 2 is 1.53 bits per heavy atom. The number of phenolic OH excluding ortho intramolecular Hbond substituents is 1. The van der Waals surface area contributed by atoms with Crippen LogP contribution in [0.25, 0.3) is 0 Å². The van der Waals surface area contributed by atoms with Crippen LogP contribution in [0.5, 0.6) is 11.5 Å². The SMILES string of the molecule is CC(=O)Oc1c(O)c(F)c(F)c(F)c1F. The van der Waals surface area contributed by atoms with E-state index in [4.69, 9.17) is 5.11 Å². The molecule has 1 N–H and O–H groups in total. The Bertz CT molecular complexity index is 401. The number of esters is 1. The fourth-order valence-corrected chi connectivity index (χ4v) is 0.837. The molecule has 0 spiro atoms. The second-order valence-corrected chi connectivity index (χ2v) is 2.53. The van der Waals surface area contributed by atoms with E-state index in [9.17, 15) is 22.4 Å². The minimum atomic E-state index is -2.18. The van der Waals surface area contributed by atoms with Crippen molar-refractivity contribution in [2.45, 2.75) is 6.92 Å². The van der Waals surface area contributed by atoms with Gasteiger partial charge in [-0.25, -0.2) is 8.78 Å². The number of aromatic hydroxyl groups is 1. The first-order chi connectivity index (χ1) is 6.86. The molecule has 0 aliphatic rings. The van der Waals surface area contributed by atoms with E-state index in [-0.39, 0.29) is 0 Å². The lowest BCUT2D eigenvalue weighted by Gasteiger charge is -2.07. The summed E-state index contributed by atoms with van der Waals surface area (Å²) in [5.41, 5.74) is 0. The van der Waals surface area contributed by atoms with Crippen LogP contribution in [-0.2, 0) is 4.79 Å². The van der Waals surface area contributed by atoms with Crippen molar-refractivity contribution in [3.63, 3.8) is 0 Å². The molecule has 0 unspecified atom stereocenters. The first-order valence-corrected chi connectivity index (χ1v) is 3.59. The van der Waals surface area contributed by atoms with Crippen LogP contribution >= 0.6 is 0 Å². The molecule has 0 bridgehead atoms. The topological polar surface area (TPSA) is 46.5 Å². The molecule has 0 saturated heterocycles. The van der Waals surface area contributed by atoms with Crippen LogP contribution in [0, 0.1) is 23.3 Å². The van der Waals surface area contributed by atoms with E-state index >= 15 is 0 Å². The molecule has 0 atom stereocenters. The summed E-state index contributed by atoms with van der Waals surface area (Å²) in [7, 11) is 0. The van der Waals surface area contributed by atoms with E-state index in [1.807, 2.05) is 0 Å². The normalized spacial score (nSPS) is 10.2. The number of hydrogen-bond donors (Lipinski definition) is 1. The van der Waals surface area contributed by atoms with E-state index in [2.05, 4.69) is 4.74 Å². The zero-order chi connectivity index (χ0) is 11.7. The molecule has 0 aliphatic heterocycles. The van der Waals surface area contributed by atoms with Gasteiger partial charge in [-0.2, -0.15) is 8.78 Å². The summed E-state index contributed by atoms with van der Waals surface area (Å²) >= 11 is 0. The molecular weight excluding hydrogens is 220 g/mol. The van der Waals surface area contributed by atoms with Gasteiger partial charge in [0.2, 0.25) is 34.8 Å². The monoisotopic (exact) mass is 224 g/mol. The number of rotatable bonds is 1. The average molecular weight is 224 g/mol. The van der Waals surface area contributed by atoms with E-state index in [0.717, 1.165) is 6.92 Å². The molecule has 1 rings (SSSR count). The maximum atomic E-state index is 12.8. The fourth-order valence-electron chi connectivity index (χ4n) is 0.837. The summed E-state index contributed by atoms with van der Waals surface area (Å²) in [6.07, 6.45) is 0. The zero-order valence-electron chi connectivity index (χ0n) is 7.28. The lowest BCUT2D eigenvalue weighted by molar-refractivity contribution is -0.132. The molecule has 0 saturated carbocycles. The van der Waals surface area contributed by atoms with Gasteiger partial charge in [0.05, 0.1) is 0 Å². The van der Waals surface area contributed by atoms with Gasteiger partial charge in [0.1, 0.15) is 0 Å². The Morgan fingerprint density at radius 1 is 1.07 bits per heavy atom. The maximum absolute atomic E-state index is 12.8. The van der Waals surface area contributed by atoms with Gasteiger partial charge in [0.15, 0.2) is 0 Å². The van der Waals surface area contributed by atoms with E-state index < -0.39 is 40.7 Å². The van der Waals surface area contributed by atoms with Crippen LogP contribution in [0.2, 0.25) is 0 Å². The summed E-state index contributed by atoms with van der Waals surface area (Å²) < 4.78 is 54.6. The number of carbonyl (C=O) groups excluding carboxylic acids is 1. The van der Waals surface area contributed by atoms with Crippen molar-refractivity contribution in [3.05, 3.63) is 23.3 Å². The standard InChI is InChI=1S/C8H4F4O3/c1-2(13)15-8-6(12)4(10)3(9)5(11)7(8)14/h14H,1H3. The number of hydrogen-bond acceptors (Lipinski definition) is 3. The van der Waals surface area contributed by atoms with Crippen LogP contribution < -0.4 is 4.74 Å². The van der Waals surface area contributed by atoms with Gasteiger partial charge in [0, 0.05) is 6.92 Å². The number of phenols is 1. The van der Waals surface area contributed by atoms with Crippen LogP contribution in [0.4, 0.5) is 17.6 Å². The summed E-state index contributed by atoms with van der Waals surface area (Å²) in [6, 6.07) is 0. The summed E-state index contributed by atoms with van der Waals surface area (Å²) in [4.78, 5) is 10.4. The first-order valence-electron chi connectivity index (χ1n) is 3.59. The van der Waals surface area contributed by atoms with Crippen LogP contribution in [0.3, 0.4) is 0 Å². The summed E-state index contributed by atoms with van der Waals surface area (Å²) in [6.45, 7) is 0.818. The Morgan fingerprint density at radius 3 is 2.00 bits per heavy atom. The molecule has 0 fully saturated rings. The molecule has 7 heteroatoms. The Balaban J connectivity index is 3.45. The highest BCUT2D eigenvalue weighted by Gasteiger charge is 2.27. The van der Waals surface area contributed by atoms with Gasteiger partial charge in [-0.15, -0.1) is 0 Å². The van der Waals surface area contributed by atoms with E-state index in [1.165, 1.54) is 0 Å². The quantitative estimate of drug-likeness (QED) is 0.260. The maximum Gasteiger partial charge on any atom is 0.308 e. The van der Waals surface area contributed by atoms with Crippen molar-refractivity contribution in [2.75, 3.05) is 0 Å². The van der Waals surface area contributed by atoms with E-state index in [1.54, 1.807) is 0 Å². The van der Waals surface area contributed by atoms with E-state index in [0.29, 0.717) is 0 Å². The van der Waals surface area contributed by atoms with Gasteiger partial charge in [-0.05, 0) is 0 Å². The van der Waals surface area contributed by atoms with Crippen molar-refractivity contribution in [1.29, 1.82) is 0 Å². The second kappa shape index (κ2) is 3.76. The van der Waals surface area contributed by atoms with Gasteiger partial charge < -0.3 is 9.84 Å². The predicted octanol–water partition coefficient (Wildman–Crippen LogP) is 1.87. The molecule has 0 aliphatic carbocycles. The highest BCUT2D eigenvalue weighted by molar-refractivity contribution is 5.70. The van der Waals surface area contributed by atoms with Crippen LogP contribution in [0.1, 0.15) is 6.92 Å². The number of ether oxygens (including phenoxy) is 1. The molecule has 1 aromatic carbocycles. The Hall–Kier alpha value is -1.79. The lowest BCUT2D eigenvalue weighted by Crippen LogP contribution is -2.07. The Kier molecular flexibility index (Phi) is 2.83. The lowest BCUT2D eigenvalue weighted by atomic mass is 10.2. The number of carbonyl (C=O) groups is 1. The molecular formula is C8H4F4O3. The Labute approximate surface area is 80.9 Å². The summed E-state index contributed by atoms with van der Waals surface area (Å²) in [5, 5.41) is 8.83. The largest absolute Gasteiger partial charge is 0.502 e. The van der Waals surface area contributed by atoms with Crippen molar-refractivity contribution in [3.8, 4) is 11.5 Å². The van der Waals surface area contributed by atoms with Gasteiger partial charge in [-0.3, -0.25) is 4.79 Å². The van der Waals surface area contributed by atoms with Crippen molar-refractivity contribution < 1.29 is 32.2 Å². The minimum Gasteiger partial charge on any atom is -0.502 e. The molecule has 15 heavy (non-hydrogen) atoms. The van der Waals surface area contributed by atoms with Crippen molar-refractivity contribution in [1.82, 2.24) is 0 Å². The second-order valence-electron chi connectivity index (χ2n) is 2.53. The van der Waals surface area contributed by atoms with Crippen molar-refractivity contribution in [2.24, 2.45) is 0 Å². The third-order valence-corrected chi connectivity index (χ3v) is 1.45. The van der Waals surface area contributed by atoms with Gasteiger partial charge >= 0.3 is 5.97 Å². The molecule has 0 amide bonds. The third-order valence-electron chi connectivity index (χ3n) is 1.45. The average Bonchev–Trinajstić information content (AvgIpc) is 2.18. The molecule has 0 heterocycles. The molecule has 82 valence electrons. The highest BCUT2D eigenvalue weighted by atomic mass is 19.2. The highest BCUT2D eigenvalue weighted by Crippen LogP contribution is 2.35. The van der Waals surface area contributed by atoms with Crippen molar-refractivity contribution >= 4 is 5.97 Å². The molecule has 3 nitrogen and oxygen atoms in total. The smallest absolute Gasteiger partial charge is 0.308 e. The number of benzene rings is 1. The van der Waals surface area contributed by atoms with Crippen LogP contribution in [-0.4, -0.2) is 11.1 Å². The molecule has 1 aromatic rings. The summed E-state index contributed by atoms with van der Waals surface area (Å²) in [5.74, 6) is -12.4. The van der Waals surface area contributed by atoms with Gasteiger partial charge in [0.25, 0.3) is 0 Å². The fraction of sp³-hybridized carbons (Fsp3) is 0.125. The molecule has 0 aromatic heterocycles. The van der Waals surface area contributed by atoms with Crippen LogP contribution in [0.15, 0.2) is 0 Å². The molecule has 0 radical (unpaired) electrons. The first kappa shape index (κ1) is 11.3. The predicted molar refractivity (Wildman–Crippen MR) is 39.2 cm³/mol. The minimum absolute atomic E-state index is 0.818.